The van der Waals surface area contributed by atoms with Gasteiger partial charge in [-0.15, -0.1) is 0 Å². The van der Waals surface area contributed by atoms with Gasteiger partial charge in [-0.05, 0) is 0 Å². The monoisotopic (exact) mass is 290 g/mol. The molecule has 1 fully saturated rings. The van der Waals surface area contributed by atoms with Crippen LogP contribution < -0.4 is 5.32 Å². The van der Waals surface area contributed by atoms with E-state index >= 15 is 0 Å². The molecule has 1 atom stereocenters. The Morgan fingerprint density at radius 3 is 2.50 bits per heavy atom. The number of nitrogens with one attached hydrogen (secondary N) is 1. The van der Waals surface area contributed by atoms with Crippen molar-refractivity contribution in [2.45, 2.75) is 30.9 Å². The molecular formula is C12H22N2O6. The lowest BCUT2D eigenvalue weighted by atomic mass is 9.94. The quantitative estimate of drug-likeness (QED) is 0.498. The van der Waals surface area contributed by atoms with Crippen molar-refractivity contribution in [2.24, 2.45) is 0 Å². The van der Waals surface area contributed by atoms with Gasteiger partial charge in [-0.3, -0.25) is 0 Å². The maximum absolute atomic E-state index is 11.9. The fourth-order valence-electron chi connectivity index (χ4n) is 2.07. The number of ether oxygens (including phenoxy) is 1. The normalized spacial score (nSPS) is 19.1. The molecule has 0 aromatic carbocycles. The van der Waals surface area contributed by atoms with E-state index in [1.165, 1.54) is 11.9 Å². The molecule has 0 radical (unpaired) electrons. The van der Waals surface area contributed by atoms with Crippen LogP contribution in [-0.2, 0) is 9.53 Å². The summed E-state index contributed by atoms with van der Waals surface area (Å²) in [6, 6.07) is -1.73. The summed E-state index contributed by atoms with van der Waals surface area (Å²) in [6.45, 7) is 0.651. The van der Waals surface area contributed by atoms with Crippen molar-refractivity contribution >= 4 is 12.0 Å². The number of aliphatic hydroxyl groups excluding tert-OH is 1. The predicted octanol–water partition coefficient (Wildman–Crippen LogP) is -0.995. The summed E-state index contributed by atoms with van der Waals surface area (Å²) >= 11 is 0. The molecule has 1 heterocycles. The molecule has 8 heteroatoms. The van der Waals surface area contributed by atoms with Gasteiger partial charge in [0.25, 0.3) is 0 Å². The maximum Gasteiger partial charge on any atom is 0.326 e. The number of rotatable bonds is 6. The van der Waals surface area contributed by atoms with Crippen molar-refractivity contribution in [3.8, 4) is 0 Å². The number of amides is 2. The van der Waals surface area contributed by atoms with Crippen molar-refractivity contribution in [1.82, 2.24) is 10.2 Å². The fourth-order valence-corrected chi connectivity index (χ4v) is 2.07. The van der Waals surface area contributed by atoms with E-state index in [0.29, 0.717) is 26.1 Å². The van der Waals surface area contributed by atoms with Crippen LogP contribution in [0.1, 0.15) is 19.3 Å². The van der Waals surface area contributed by atoms with E-state index in [-0.39, 0.29) is 19.6 Å². The second-order valence-electron chi connectivity index (χ2n) is 5.05. The van der Waals surface area contributed by atoms with Crippen molar-refractivity contribution in [2.75, 3.05) is 33.4 Å². The Bertz CT molecular complexity index is 343. The SMILES string of the molecule is CN(CC1(O)CCOCC1)C(=O)NC(CCO)C(=O)O. The Morgan fingerprint density at radius 2 is 2.00 bits per heavy atom. The van der Waals surface area contributed by atoms with Crippen LogP contribution in [0.25, 0.3) is 0 Å². The highest BCUT2D eigenvalue weighted by molar-refractivity contribution is 5.82. The van der Waals surface area contributed by atoms with Gasteiger partial charge in [0.2, 0.25) is 0 Å². The summed E-state index contributed by atoms with van der Waals surface area (Å²) in [4.78, 5) is 24.0. The molecule has 2 amide bonds. The number of hydrogen-bond donors (Lipinski definition) is 4. The number of aliphatic hydroxyl groups is 2. The molecule has 0 aromatic rings. The molecule has 1 aliphatic rings. The standard InChI is InChI=1S/C12H22N2O6/c1-14(8-12(19)3-6-20-7-4-12)11(18)13-9(2-5-15)10(16)17/h9,15,19H,2-8H2,1H3,(H,13,18)(H,16,17). The van der Waals surface area contributed by atoms with E-state index in [1.807, 2.05) is 0 Å². The van der Waals surface area contributed by atoms with Crippen LogP contribution in [0.2, 0.25) is 0 Å². The van der Waals surface area contributed by atoms with Crippen LogP contribution in [0.3, 0.4) is 0 Å². The van der Waals surface area contributed by atoms with Gasteiger partial charge in [-0.2, -0.15) is 0 Å². The van der Waals surface area contributed by atoms with Crippen molar-refractivity contribution in [3.63, 3.8) is 0 Å². The summed E-state index contributed by atoms with van der Waals surface area (Å²) in [5.41, 5.74) is -1.000. The van der Waals surface area contributed by atoms with Crippen LogP contribution >= 0.6 is 0 Å². The van der Waals surface area contributed by atoms with Crippen molar-refractivity contribution in [1.29, 1.82) is 0 Å². The lowest BCUT2D eigenvalue weighted by Gasteiger charge is -2.35. The zero-order valence-electron chi connectivity index (χ0n) is 11.5. The number of carbonyl (C=O) groups is 2. The predicted molar refractivity (Wildman–Crippen MR) is 69.3 cm³/mol. The van der Waals surface area contributed by atoms with Gasteiger partial charge in [0.15, 0.2) is 0 Å². The molecule has 20 heavy (non-hydrogen) atoms. The smallest absolute Gasteiger partial charge is 0.326 e. The van der Waals surface area contributed by atoms with Gasteiger partial charge in [-0.1, -0.05) is 0 Å². The van der Waals surface area contributed by atoms with Gasteiger partial charge < -0.3 is 30.3 Å². The number of urea groups is 1. The Kier molecular flexibility index (Phi) is 6.18. The molecule has 1 aliphatic heterocycles. The highest BCUT2D eigenvalue weighted by Gasteiger charge is 2.33. The van der Waals surface area contributed by atoms with Gasteiger partial charge in [0.1, 0.15) is 6.04 Å². The molecule has 1 rings (SSSR count). The third-order valence-corrected chi connectivity index (χ3v) is 3.32. The molecule has 0 aliphatic carbocycles. The zero-order chi connectivity index (χ0) is 15.2. The molecule has 8 nitrogen and oxygen atoms in total. The number of likely N-dealkylation sites (N-methyl/N-ethyl adjacent to an activating group) is 1. The highest BCUT2D eigenvalue weighted by Crippen LogP contribution is 2.21. The first-order chi connectivity index (χ1) is 9.38. The summed E-state index contributed by atoms with van der Waals surface area (Å²) in [5, 5.41) is 30.2. The van der Waals surface area contributed by atoms with E-state index in [2.05, 4.69) is 5.32 Å². The van der Waals surface area contributed by atoms with Gasteiger partial charge in [0.05, 0.1) is 12.1 Å². The largest absolute Gasteiger partial charge is 0.480 e. The average molecular weight is 290 g/mol. The van der Waals surface area contributed by atoms with Crippen molar-refractivity contribution < 1.29 is 29.6 Å². The maximum atomic E-state index is 11.9. The minimum atomic E-state index is -1.20. The number of nitrogens with zero attached hydrogens (tertiary/aromatic N) is 1. The lowest BCUT2D eigenvalue weighted by molar-refractivity contribution is -0.139. The fraction of sp³-hybridized carbons (Fsp3) is 0.833. The van der Waals surface area contributed by atoms with Gasteiger partial charge in [0, 0.05) is 46.1 Å². The number of carbonyl (C=O) groups excluding carboxylic acids is 1. The number of hydrogen-bond acceptors (Lipinski definition) is 5. The molecule has 1 unspecified atom stereocenters. The Balaban J connectivity index is 2.51. The molecule has 0 spiro atoms. The summed E-state index contributed by atoms with van der Waals surface area (Å²) in [6.07, 6.45) is 0.806. The van der Waals surface area contributed by atoms with Gasteiger partial charge in [-0.25, -0.2) is 9.59 Å². The van der Waals surface area contributed by atoms with Crippen LogP contribution in [0, 0.1) is 0 Å². The van der Waals surface area contributed by atoms with E-state index in [1.54, 1.807) is 0 Å². The lowest BCUT2D eigenvalue weighted by Crippen LogP contribution is -2.52. The molecule has 0 aromatic heterocycles. The molecule has 1 saturated heterocycles. The number of carboxylic acids is 1. The van der Waals surface area contributed by atoms with Crippen LogP contribution in [0.5, 0.6) is 0 Å². The molecular weight excluding hydrogens is 268 g/mol. The number of carboxylic acid groups (broad SMARTS) is 1. The zero-order valence-corrected chi connectivity index (χ0v) is 11.5. The second-order valence-corrected chi connectivity index (χ2v) is 5.05. The third kappa shape index (κ3) is 4.95. The van der Waals surface area contributed by atoms with E-state index in [0.717, 1.165) is 0 Å². The topological polar surface area (TPSA) is 119 Å². The Labute approximate surface area is 117 Å². The van der Waals surface area contributed by atoms with Crippen LogP contribution in [-0.4, -0.2) is 77.3 Å². The van der Waals surface area contributed by atoms with E-state index in [4.69, 9.17) is 14.9 Å². The minimum absolute atomic E-state index is 0.0625. The van der Waals surface area contributed by atoms with Crippen molar-refractivity contribution in [3.05, 3.63) is 0 Å². The molecule has 0 bridgehead atoms. The van der Waals surface area contributed by atoms with E-state index < -0.39 is 23.6 Å². The average Bonchev–Trinajstić information content (AvgIpc) is 2.38. The second kappa shape index (κ2) is 7.41. The van der Waals surface area contributed by atoms with Gasteiger partial charge >= 0.3 is 12.0 Å². The summed E-state index contributed by atoms with van der Waals surface area (Å²) < 4.78 is 5.15. The highest BCUT2D eigenvalue weighted by atomic mass is 16.5. The summed E-state index contributed by atoms with van der Waals surface area (Å²) in [7, 11) is 1.49. The Morgan fingerprint density at radius 1 is 1.40 bits per heavy atom. The first-order valence-electron chi connectivity index (χ1n) is 6.53. The number of aliphatic carboxylic acids is 1. The first-order valence-corrected chi connectivity index (χ1v) is 6.53. The third-order valence-electron chi connectivity index (χ3n) is 3.32. The van der Waals surface area contributed by atoms with E-state index in [9.17, 15) is 14.7 Å². The molecule has 116 valence electrons. The molecule has 4 N–H and O–H groups in total. The molecule has 0 saturated carbocycles. The Hall–Kier alpha value is -1.38. The minimum Gasteiger partial charge on any atom is -0.480 e. The summed E-state index contributed by atoms with van der Waals surface area (Å²) in [5.74, 6) is -1.20. The first kappa shape index (κ1) is 16.7. The van der Waals surface area contributed by atoms with Crippen LogP contribution in [0.15, 0.2) is 0 Å². The van der Waals surface area contributed by atoms with Crippen LogP contribution in [0.4, 0.5) is 4.79 Å².